The second-order valence-corrected chi connectivity index (χ2v) is 4.54. The quantitative estimate of drug-likeness (QED) is 0.881. The number of carbonyl (C=O) groups is 1. The second-order valence-electron chi connectivity index (χ2n) is 4.15. The van der Waals surface area contributed by atoms with Crippen LogP contribution in [0.3, 0.4) is 0 Å². The maximum atomic E-state index is 13.0. The zero-order valence-corrected chi connectivity index (χ0v) is 11.1. The van der Waals surface area contributed by atoms with E-state index in [2.05, 4.69) is 10.3 Å². The monoisotopic (exact) mass is 296 g/mol. The van der Waals surface area contributed by atoms with Crippen LogP contribution in [0.5, 0.6) is 0 Å². The molecule has 104 valence electrons. The molecule has 0 fully saturated rings. The van der Waals surface area contributed by atoms with E-state index in [1.165, 1.54) is 24.4 Å². The van der Waals surface area contributed by atoms with Crippen LogP contribution < -0.4 is 5.32 Å². The van der Waals surface area contributed by atoms with E-state index in [9.17, 15) is 13.6 Å². The Morgan fingerprint density at radius 3 is 2.50 bits per heavy atom. The molecule has 1 amide bonds. The van der Waals surface area contributed by atoms with Crippen molar-refractivity contribution in [3.05, 3.63) is 64.4 Å². The summed E-state index contributed by atoms with van der Waals surface area (Å²) < 4.78 is 25.9. The molecule has 0 aliphatic heterocycles. The predicted molar refractivity (Wildman–Crippen MR) is 71.6 cm³/mol. The number of nitrogens with zero attached hydrogens (tertiary/aromatic N) is 1. The zero-order chi connectivity index (χ0) is 14.5. The molecule has 0 aliphatic carbocycles. The standard InChI is InChI=1S/C14H11ClF2N2O/c15-13-2-1-10(8-19-13)14(20)18-4-3-9-5-11(16)7-12(17)6-9/h1-2,5-8H,3-4H2,(H,18,20). The van der Waals surface area contributed by atoms with Crippen LogP contribution in [0, 0.1) is 11.6 Å². The van der Waals surface area contributed by atoms with Crippen molar-refractivity contribution in [1.82, 2.24) is 10.3 Å². The van der Waals surface area contributed by atoms with E-state index in [1.54, 1.807) is 6.07 Å². The first kappa shape index (κ1) is 14.4. The van der Waals surface area contributed by atoms with Gasteiger partial charge in [0, 0.05) is 18.8 Å². The Morgan fingerprint density at radius 2 is 1.90 bits per heavy atom. The normalized spacial score (nSPS) is 10.3. The summed E-state index contributed by atoms with van der Waals surface area (Å²) in [7, 11) is 0. The average Bonchev–Trinajstić information content (AvgIpc) is 2.38. The maximum Gasteiger partial charge on any atom is 0.252 e. The molecule has 1 heterocycles. The van der Waals surface area contributed by atoms with Crippen LogP contribution in [0.25, 0.3) is 0 Å². The number of amides is 1. The number of aromatic nitrogens is 1. The van der Waals surface area contributed by atoms with Gasteiger partial charge in [0.15, 0.2) is 0 Å². The number of halogens is 3. The van der Waals surface area contributed by atoms with E-state index in [0.29, 0.717) is 22.7 Å². The molecule has 1 aromatic carbocycles. The van der Waals surface area contributed by atoms with Gasteiger partial charge in [-0.1, -0.05) is 11.6 Å². The molecule has 1 aromatic heterocycles. The van der Waals surface area contributed by atoms with Gasteiger partial charge in [-0.2, -0.15) is 0 Å². The van der Waals surface area contributed by atoms with Crippen molar-refractivity contribution in [2.75, 3.05) is 6.54 Å². The molecule has 0 unspecified atom stereocenters. The molecule has 0 atom stereocenters. The number of rotatable bonds is 4. The lowest BCUT2D eigenvalue weighted by Gasteiger charge is -2.05. The van der Waals surface area contributed by atoms with Crippen molar-refractivity contribution in [3.63, 3.8) is 0 Å². The van der Waals surface area contributed by atoms with Gasteiger partial charge in [-0.05, 0) is 36.2 Å². The van der Waals surface area contributed by atoms with Gasteiger partial charge in [-0.15, -0.1) is 0 Å². The second kappa shape index (κ2) is 6.43. The lowest BCUT2D eigenvalue weighted by molar-refractivity contribution is 0.0954. The largest absolute Gasteiger partial charge is 0.352 e. The van der Waals surface area contributed by atoms with Crippen LogP contribution in [0.2, 0.25) is 5.15 Å². The fraction of sp³-hybridized carbons (Fsp3) is 0.143. The number of hydrogen-bond donors (Lipinski definition) is 1. The van der Waals surface area contributed by atoms with E-state index >= 15 is 0 Å². The van der Waals surface area contributed by atoms with Crippen LogP contribution in [0.4, 0.5) is 8.78 Å². The molecule has 0 saturated heterocycles. The van der Waals surface area contributed by atoms with Crippen LogP contribution in [-0.2, 0) is 6.42 Å². The minimum Gasteiger partial charge on any atom is -0.352 e. The molecule has 0 saturated carbocycles. The molecule has 3 nitrogen and oxygen atoms in total. The Balaban J connectivity index is 1.89. The summed E-state index contributed by atoms with van der Waals surface area (Å²) in [6.07, 6.45) is 1.70. The third-order valence-corrected chi connectivity index (χ3v) is 2.83. The molecule has 20 heavy (non-hydrogen) atoms. The van der Waals surface area contributed by atoms with Crippen molar-refractivity contribution in [2.45, 2.75) is 6.42 Å². The SMILES string of the molecule is O=C(NCCc1cc(F)cc(F)c1)c1ccc(Cl)nc1. The van der Waals surface area contributed by atoms with Crippen LogP contribution >= 0.6 is 11.6 Å². The molecule has 0 radical (unpaired) electrons. The summed E-state index contributed by atoms with van der Waals surface area (Å²) in [5.41, 5.74) is 0.858. The van der Waals surface area contributed by atoms with Crippen molar-refractivity contribution in [3.8, 4) is 0 Å². The van der Waals surface area contributed by atoms with Gasteiger partial charge in [0.05, 0.1) is 5.56 Å². The highest BCUT2D eigenvalue weighted by molar-refractivity contribution is 6.29. The Kier molecular flexibility index (Phi) is 4.63. The maximum absolute atomic E-state index is 13.0. The van der Waals surface area contributed by atoms with E-state index in [1.807, 2.05) is 0 Å². The fourth-order valence-corrected chi connectivity index (χ4v) is 1.80. The Labute approximate surface area is 119 Å². The van der Waals surface area contributed by atoms with E-state index in [0.717, 1.165) is 6.07 Å². The molecule has 0 spiro atoms. The van der Waals surface area contributed by atoms with Crippen molar-refractivity contribution < 1.29 is 13.6 Å². The van der Waals surface area contributed by atoms with E-state index in [4.69, 9.17) is 11.6 Å². The Hall–Kier alpha value is -2.01. The Bertz CT molecular complexity index is 597. The highest BCUT2D eigenvalue weighted by atomic mass is 35.5. The number of pyridine rings is 1. The molecule has 2 aromatic rings. The van der Waals surface area contributed by atoms with Crippen molar-refractivity contribution in [2.24, 2.45) is 0 Å². The topological polar surface area (TPSA) is 42.0 Å². The molecule has 6 heteroatoms. The zero-order valence-electron chi connectivity index (χ0n) is 10.4. The summed E-state index contributed by atoms with van der Waals surface area (Å²) in [4.78, 5) is 15.5. The van der Waals surface area contributed by atoms with E-state index < -0.39 is 11.6 Å². The lowest BCUT2D eigenvalue weighted by atomic mass is 10.1. The van der Waals surface area contributed by atoms with Gasteiger partial charge in [0.1, 0.15) is 16.8 Å². The predicted octanol–water partition coefficient (Wildman–Crippen LogP) is 2.99. The van der Waals surface area contributed by atoms with Gasteiger partial charge in [0.25, 0.3) is 5.91 Å². The summed E-state index contributed by atoms with van der Waals surface area (Å²) in [5.74, 6) is -1.58. The van der Waals surface area contributed by atoms with Gasteiger partial charge >= 0.3 is 0 Å². The molecule has 0 bridgehead atoms. The number of nitrogens with one attached hydrogen (secondary N) is 1. The number of carbonyl (C=O) groups excluding carboxylic acids is 1. The summed E-state index contributed by atoms with van der Waals surface area (Å²) in [6.45, 7) is 0.268. The van der Waals surface area contributed by atoms with Crippen LogP contribution in [-0.4, -0.2) is 17.4 Å². The van der Waals surface area contributed by atoms with Crippen LogP contribution in [0.1, 0.15) is 15.9 Å². The first-order valence-corrected chi connectivity index (χ1v) is 6.27. The first-order chi connectivity index (χ1) is 9.54. The third-order valence-electron chi connectivity index (χ3n) is 2.61. The average molecular weight is 297 g/mol. The molecular formula is C14H11ClF2N2O. The molecule has 0 aliphatic rings. The lowest BCUT2D eigenvalue weighted by Crippen LogP contribution is -2.25. The highest BCUT2D eigenvalue weighted by Crippen LogP contribution is 2.08. The van der Waals surface area contributed by atoms with Gasteiger partial charge in [-0.3, -0.25) is 4.79 Å². The number of hydrogen-bond acceptors (Lipinski definition) is 2. The molecule has 1 N–H and O–H groups in total. The summed E-state index contributed by atoms with van der Waals surface area (Å²) in [6, 6.07) is 6.34. The minimum absolute atomic E-state index is 0.268. The van der Waals surface area contributed by atoms with Gasteiger partial charge < -0.3 is 5.32 Å². The first-order valence-electron chi connectivity index (χ1n) is 5.89. The highest BCUT2D eigenvalue weighted by Gasteiger charge is 2.06. The fourth-order valence-electron chi connectivity index (χ4n) is 1.69. The van der Waals surface area contributed by atoms with Gasteiger partial charge in [0.2, 0.25) is 0 Å². The van der Waals surface area contributed by atoms with E-state index in [-0.39, 0.29) is 12.5 Å². The van der Waals surface area contributed by atoms with Gasteiger partial charge in [-0.25, -0.2) is 13.8 Å². The smallest absolute Gasteiger partial charge is 0.252 e. The molecular weight excluding hydrogens is 286 g/mol. The number of benzene rings is 1. The summed E-state index contributed by atoms with van der Waals surface area (Å²) in [5, 5.41) is 2.94. The third kappa shape index (κ3) is 3.99. The summed E-state index contributed by atoms with van der Waals surface area (Å²) >= 11 is 5.62. The van der Waals surface area contributed by atoms with Crippen molar-refractivity contribution in [1.29, 1.82) is 0 Å². The molecule has 2 rings (SSSR count). The van der Waals surface area contributed by atoms with Crippen LogP contribution in [0.15, 0.2) is 36.5 Å². The Morgan fingerprint density at radius 1 is 1.20 bits per heavy atom. The van der Waals surface area contributed by atoms with Crippen molar-refractivity contribution >= 4 is 17.5 Å². The minimum atomic E-state index is -0.631.